The summed E-state index contributed by atoms with van der Waals surface area (Å²) >= 11 is 0. The Morgan fingerprint density at radius 1 is 1.48 bits per heavy atom. The molecule has 1 aliphatic rings. The summed E-state index contributed by atoms with van der Waals surface area (Å²) in [6, 6.07) is 8.32. The first-order valence-electron chi connectivity index (χ1n) is 7.43. The van der Waals surface area contributed by atoms with Gasteiger partial charge in [-0.05, 0) is 12.0 Å². The van der Waals surface area contributed by atoms with E-state index in [-0.39, 0.29) is 12.5 Å². The number of alkyl carbamates (subject to hydrolysis) is 1. The van der Waals surface area contributed by atoms with E-state index in [1.807, 2.05) is 30.3 Å². The van der Waals surface area contributed by atoms with Crippen molar-refractivity contribution in [2.24, 2.45) is 0 Å². The van der Waals surface area contributed by atoms with Gasteiger partial charge in [-0.1, -0.05) is 30.3 Å². The second kappa shape index (κ2) is 8.44. The fourth-order valence-electron chi connectivity index (χ4n) is 2.37. The van der Waals surface area contributed by atoms with Gasteiger partial charge in [-0.2, -0.15) is 0 Å². The van der Waals surface area contributed by atoms with Crippen LogP contribution < -0.4 is 5.32 Å². The number of hydrogen-bond acceptors (Lipinski definition) is 6. The Kier molecular flexibility index (Phi) is 6.30. The van der Waals surface area contributed by atoms with Gasteiger partial charge in [0.15, 0.2) is 0 Å². The molecule has 1 fully saturated rings. The molecule has 1 unspecified atom stereocenters. The Morgan fingerprint density at radius 3 is 2.83 bits per heavy atom. The Bertz CT molecular complexity index is 518. The molecule has 0 spiro atoms. The molecule has 0 aromatic heterocycles. The third-order valence-corrected chi connectivity index (χ3v) is 3.56. The second-order valence-electron chi connectivity index (χ2n) is 5.41. The molecule has 2 rings (SSSR count). The molecule has 1 saturated heterocycles. The zero-order valence-corrected chi connectivity index (χ0v) is 12.6. The van der Waals surface area contributed by atoms with Gasteiger partial charge < -0.3 is 19.9 Å². The number of ether oxygens (including phenoxy) is 2. The van der Waals surface area contributed by atoms with Gasteiger partial charge in [-0.25, -0.2) is 4.79 Å². The number of amides is 1. The zero-order chi connectivity index (χ0) is 16.7. The molecule has 2 N–H and O–H groups in total. The molecule has 3 atom stereocenters. The Hall–Kier alpha value is -2.19. The van der Waals surface area contributed by atoms with Crippen LogP contribution in [0.5, 0.6) is 0 Å². The molecule has 0 radical (unpaired) electrons. The summed E-state index contributed by atoms with van der Waals surface area (Å²) in [5.41, 5.74) is 0.851. The van der Waals surface area contributed by atoms with E-state index >= 15 is 0 Å². The number of rotatable bonds is 7. The van der Waals surface area contributed by atoms with Crippen LogP contribution in [0.2, 0.25) is 0 Å². The predicted octanol–water partition coefficient (Wildman–Crippen LogP) is 0.750. The maximum absolute atomic E-state index is 11.9. The van der Waals surface area contributed by atoms with Crippen molar-refractivity contribution in [2.45, 2.75) is 31.1 Å². The lowest BCUT2D eigenvalue weighted by Crippen LogP contribution is -2.48. The highest BCUT2D eigenvalue weighted by molar-refractivity contribution is 5.68. The van der Waals surface area contributed by atoms with Crippen molar-refractivity contribution in [3.63, 3.8) is 0 Å². The summed E-state index contributed by atoms with van der Waals surface area (Å²) in [6.07, 6.45) is -1.44. The van der Waals surface area contributed by atoms with Crippen molar-refractivity contribution in [2.75, 3.05) is 19.8 Å². The second-order valence-corrected chi connectivity index (χ2v) is 5.41. The first-order chi connectivity index (χ1) is 11.0. The van der Waals surface area contributed by atoms with Gasteiger partial charge in [0.05, 0.1) is 19.3 Å². The van der Waals surface area contributed by atoms with Crippen molar-refractivity contribution in [1.82, 2.24) is 5.32 Å². The Balaban J connectivity index is 1.96. The van der Waals surface area contributed by atoms with Crippen molar-refractivity contribution < 1.29 is 24.3 Å². The van der Waals surface area contributed by atoms with E-state index in [1.165, 1.54) is 0 Å². The highest BCUT2D eigenvalue weighted by Crippen LogP contribution is 2.10. The summed E-state index contributed by atoms with van der Waals surface area (Å²) in [7, 11) is 0. The lowest BCUT2D eigenvalue weighted by atomic mass is 10.0. The Labute approximate surface area is 133 Å². The lowest BCUT2D eigenvalue weighted by Gasteiger charge is -2.22. The van der Waals surface area contributed by atoms with Gasteiger partial charge in [-0.15, -0.1) is 0 Å². The quantitative estimate of drug-likeness (QED) is 0.565. The lowest BCUT2D eigenvalue weighted by molar-refractivity contribution is -0.491. The topological polar surface area (TPSA) is 111 Å². The summed E-state index contributed by atoms with van der Waals surface area (Å²) < 4.78 is 10.3. The molecule has 1 aliphatic heterocycles. The number of carbonyl (C=O) groups excluding carboxylic acids is 1. The number of nitrogens with one attached hydrogen (secondary N) is 1. The predicted molar refractivity (Wildman–Crippen MR) is 80.6 cm³/mol. The van der Waals surface area contributed by atoms with E-state index in [9.17, 15) is 20.0 Å². The average Bonchev–Trinajstić information content (AvgIpc) is 2.99. The van der Waals surface area contributed by atoms with Crippen LogP contribution in [0.1, 0.15) is 12.0 Å². The van der Waals surface area contributed by atoms with Gasteiger partial charge in [0.2, 0.25) is 6.54 Å². The number of carbonyl (C=O) groups is 1. The molecule has 0 bridgehead atoms. The van der Waals surface area contributed by atoms with Crippen LogP contribution in [-0.2, 0) is 15.9 Å². The van der Waals surface area contributed by atoms with E-state index in [1.54, 1.807) is 0 Å². The molecule has 1 heterocycles. The molecule has 0 aliphatic carbocycles. The smallest absolute Gasteiger partial charge is 0.407 e. The third kappa shape index (κ3) is 5.84. The van der Waals surface area contributed by atoms with E-state index in [0.717, 1.165) is 5.56 Å². The largest absolute Gasteiger partial charge is 0.444 e. The number of hydrogen-bond donors (Lipinski definition) is 2. The molecule has 126 valence electrons. The van der Waals surface area contributed by atoms with Gasteiger partial charge in [0.1, 0.15) is 12.2 Å². The van der Waals surface area contributed by atoms with Crippen molar-refractivity contribution in [3.05, 3.63) is 46.0 Å². The number of aliphatic hydroxyl groups excluding tert-OH is 1. The minimum absolute atomic E-state index is 0.270. The van der Waals surface area contributed by atoms with Gasteiger partial charge in [0, 0.05) is 11.3 Å². The molecular weight excluding hydrogens is 304 g/mol. The molecule has 8 heteroatoms. The van der Waals surface area contributed by atoms with Gasteiger partial charge in [0.25, 0.3) is 0 Å². The van der Waals surface area contributed by atoms with Crippen molar-refractivity contribution in [1.29, 1.82) is 0 Å². The van der Waals surface area contributed by atoms with Gasteiger partial charge >= 0.3 is 6.09 Å². The minimum Gasteiger partial charge on any atom is -0.444 e. The van der Waals surface area contributed by atoms with E-state index < -0.39 is 29.7 Å². The SMILES string of the molecule is O=C(N[C@@H](Cc1ccccc1)[C@H](O)C[N+](=O)[O-])OC1CCOC1. The van der Waals surface area contributed by atoms with Crippen molar-refractivity contribution >= 4 is 6.09 Å². The fraction of sp³-hybridized carbons (Fsp3) is 0.533. The maximum Gasteiger partial charge on any atom is 0.407 e. The standard InChI is InChI=1S/C15H20N2O6/c18-14(9-17(20)21)13(8-11-4-2-1-3-5-11)16-15(19)23-12-6-7-22-10-12/h1-5,12-14,18H,6-10H2,(H,16,19)/t12?,13-,14+/m0/s1. The molecule has 8 nitrogen and oxygen atoms in total. The third-order valence-electron chi connectivity index (χ3n) is 3.56. The first-order valence-corrected chi connectivity index (χ1v) is 7.43. The maximum atomic E-state index is 11.9. The highest BCUT2D eigenvalue weighted by Gasteiger charge is 2.28. The first kappa shape index (κ1) is 17.2. The van der Waals surface area contributed by atoms with E-state index in [2.05, 4.69) is 5.32 Å². The van der Waals surface area contributed by atoms with Crippen LogP contribution in [0.4, 0.5) is 4.79 Å². The normalized spacial score (nSPS) is 19.8. The summed E-state index contributed by atoms with van der Waals surface area (Å²) in [6.45, 7) is 0.230. The number of nitro groups is 1. The molecular formula is C15H20N2O6. The minimum atomic E-state index is -1.31. The summed E-state index contributed by atoms with van der Waals surface area (Å²) in [5.74, 6) is 0. The van der Waals surface area contributed by atoms with Crippen LogP contribution in [0, 0.1) is 10.1 Å². The number of aliphatic hydroxyl groups is 1. The van der Waals surface area contributed by atoms with Gasteiger partial charge in [-0.3, -0.25) is 10.1 Å². The van der Waals surface area contributed by atoms with Crippen LogP contribution >= 0.6 is 0 Å². The molecule has 1 aromatic rings. The molecule has 1 amide bonds. The molecule has 0 saturated carbocycles. The number of benzene rings is 1. The molecule has 23 heavy (non-hydrogen) atoms. The van der Waals surface area contributed by atoms with E-state index in [0.29, 0.717) is 19.6 Å². The fourth-order valence-corrected chi connectivity index (χ4v) is 2.37. The summed E-state index contributed by atoms with van der Waals surface area (Å²) in [5, 5.41) is 23.2. The van der Waals surface area contributed by atoms with Crippen molar-refractivity contribution in [3.8, 4) is 0 Å². The van der Waals surface area contributed by atoms with Crippen LogP contribution in [-0.4, -0.2) is 54.1 Å². The average molecular weight is 324 g/mol. The highest BCUT2D eigenvalue weighted by atomic mass is 16.6. The van der Waals surface area contributed by atoms with Crippen LogP contribution in [0.3, 0.4) is 0 Å². The number of nitrogens with zero attached hydrogens (tertiary/aromatic N) is 1. The Morgan fingerprint density at radius 2 is 2.22 bits per heavy atom. The zero-order valence-electron chi connectivity index (χ0n) is 12.6. The summed E-state index contributed by atoms with van der Waals surface area (Å²) in [4.78, 5) is 21.9. The van der Waals surface area contributed by atoms with Crippen LogP contribution in [0.15, 0.2) is 30.3 Å². The monoisotopic (exact) mass is 324 g/mol. The van der Waals surface area contributed by atoms with Crippen LogP contribution in [0.25, 0.3) is 0 Å². The molecule has 1 aromatic carbocycles. The van der Waals surface area contributed by atoms with E-state index in [4.69, 9.17) is 9.47 Å².